The number of amides is 1. The highest BCUT2D eigenvalue weighted by atomic mass is 32.2. The third-order valence-electron chi connectivity index (χ3n) is 3.53. The van der Waals surface area contributed by atoms with Crippen molar-refractivity contribution < 1.29 is 17.6 Å². The van der Waals surface area contributed by atoms with Crippen LogP contribution in [0.25, 0.3) is 0 Å². The number of rotatable bonds is 4. The van der Waals surface area contributed by atoms with Gasteiger partial charge in [0.15, 0.2) is 0 Å². The van der Waals surface area contributed by atoms with Crippen molar-refractivity contribution in [1.82, 2.24) is 9.62 Å². The molecule has 1 N–H and O–H groups in total. The summed E-state index contributed by atoms with van der Waals surface area (Å²) in [6.07, 6.45) is 5.11. The first-order chi connectivity index (χ1) is 9.98. The van der Waals surface area contributed by atoms with Crippen LogP contribution in [0, 0.1) is 5.82 Å². The average Bonchev–Trinajstić information content (AvgIpc) is 3.11. The molecule has 1 aromatic rings. The van der Waals surface area contributed by atoms with E-state index < -0.39 is 21.9 Å². The van der Waals surface area contributed by atoms with E-state index in [1.54, 1.807) is 12.2 Å². The van der Waals surface area contributed by atoms with Gasteiger partial charge in [0.2, 0.25) is 15.9 Å². The summed E-state index contributed by atoms with van der Waals surface area (Å²) in [7, 11) is -3.82. The molecule has 0 radical (unpaired) electrons. The Morgan fingerprint density at radius 3 is 2.52 bits per heavy atom. The molecule has 1 fully saturated rings. The van der Waals surface area contributed by atoms with Crippen LogP contribution in [0.15, 0.2) is 41.3 Å². The van der Waals surface area contributed by atoms with Crippen LogP contribution in [0.3, 0.4) is 0 Å². The lowest BCUT2D eigenvalue weighted by molar-refractivity contribution is -0.123. The summed E-state index contributed by atoms with van der Waals surface area (Å²) in [6, 6.07) is 3.94. The maximum absolute atomic E-state index is 12.9. The van der Waals surface area contributed by atoms with E-state index in [2.05, 4.69) is 5.32 Å². The summed E-state index contributed by atoms with van der Waals surface area (Å²) in [4.78, 5) is 12.1. The first-order valence-corrected chi connectivity index (χ1v) is 8.17. The highest BCUT2D eigenvalue weighted by molar-refractivity contribution is 7.89. The van der Waals surface area contributed by atoms with E-state index in [-0.39, 0.29) is 23.4 Å². The number of carbonyl (C=O) groups excluding carboxylic acids is 1. The molecular weight excluding hydrogens is 295 g/mol. The molecule has 0 spiro atoms. The molecule has 21 heavy (non-hydrogen) atoms. The standard InChI is InChI=1S/C14H15FN2O3S/c15-10-3-7-12(8-4-10)21(19,20)17-9-1-2-13(17)14(18)16-11-5-6-11/h1-4,7-8,11,13H,5-6,9H2,(H,16,18)/t13-/m0/s1. The lowest BCUT2D eigenvalue weighted by atomic mass is 10.3. The number of hydrogen-bond donors (Lipinski definition) is 1. The van der Waals surface area contributed by atoms with Crippen molar-refractivity contribution >= 4 is 15.9 Å². The molecule has 112 valence electrons. The predicted octanol–water partition coefficient (Wildman–Crippen LogP) is 1.03. The topological polar surface area (TPSA) is 66.5 Å². The second-order valence-corrected chi connectivity index (χ2v) is 7.08. The van der Waals surface area contributed by atoms with Gasteiger partial charge in [0, 0.05) is 12.6 Å². The number of benzene rings is 1. The van der Waals surface area contributed by atoms with Crippen molar-refractivity contribution in [1.29, 1.82) is 0 Å². The first-order valence-electron chi connectivity index (χ1n) is 6.73. The SMILES string of the molecule is O=C(NC1CC1)[C@@H]1C=CCN1S(=O)(=O)c1ccc(F)cc1. The molecule has 5 nitrogen and oxygen atoms in total. The minimum Gasteiger partial charge on any atom is -0.352 e. The van der Waals surface area contributed by atoms with E-state index in [1.165, 1.54) is 12.1 Å². The summed E-state index contributed by atoms with van der Waals surface area (Å²) in [5.41, 5.74) is 0. The van der Waals surface area contributed by atoms with Gasteiger partial charge in [0.05, 0.1) is 4.90 Å². The Balaban J connectivity index is 1.83. The minimum absolute atomic E-state index is 0.0168. The monoisotopic (exact) mass is 310 g/mol. The fourth-order valence-electron chi connectivity index (χ4n) is 2.23. The summed E-state index contributed by atoms with van der Waals surface area (Å²) in [6.45, 7) is 0.141. The van der Waals surface area contributed by atoms with Crippen LogP contribution < -0.4 is 5.32 Å². The molecule has 0 unspecified atom stereocenters. The average molecular weight is 310 g/mol. The Kier molecular flexibility index (Phi) is 3.54. The zero-order chi connectivity index (χ0) is 15.0. The zero-order valence-electron chi connectivity index (χ0n) is 11.2. The largest absolute Gasteiger partial charge is 0.352 e. The van der Waals surface area contributed by atoms with Crippen molar-refractivity contribution in [3.63, 3.8) is 0 Å². The highest BCUT2D eigenvalue weighted by Gasteiger charge is 2.38. The van der Waals surface area contributed by atoms with Crippen LogP contribution in [0.1, 0.15) is 12.8 Å². The van der Waals surface area contributed by atoms with Crippen LogP contribution in [0.2, 0.25) is 0 Å². The predicted molar refractivity (Wildman–Crippen MR) is 74.4 cm³/mol. The summed E-state index contributed by atoms with van der Waals surface area (Å²) in [5, 5.41) is 2.80. The van der Waals surface area contributed by atoms with Crippen LogP contribution >= 0.6 is 0 Å². The maximum Gasteiger partial charge on any atom is 0.244 e. The highest BCUT2D eigenvalue weighted by Crippen LogP contribution is 2.24. The molecule has 1 amide bonds. The van der Waals surface area contributed by atoms with Crippen LogP contribution in [-0.4, -0.2) is 37.3 Å². The van der Waals surface area contributed by atoms with Gasteiger partial charge in [0.1, 0.15) is 11.9 Å². The van der Waals surface area contributed by atoms with Gasteiger partial charge in [-0.05, 0) is 37.1 Å². The number of sulfonamides is 1. The molecule has 3 rings (SSSR count). The van der Waals surface area contributed by atoms with Gasteiger partial charge in [0.25, 0.3) is 0 Å². The zero-order valence-corrected chi connectivity index (χ0v) is 12.0. The van der Waals surface area contributed by atoms with E-state index in [1.807, 2.05) is 0 Å². The fraction of sp³-hybridized carbons (Fsp3) is 0.357. The van der Waals surface area contributed by atoms with Gasteiger partial charge in [-0.3, -0.25) is 4.79 Å². The summed E-state index contributed by atoms with van der Waals surface area (Å²) < 4.78 is 39.1. The van der Waals surface area contributed by atoms with E-state index >= 15 is 0 Å². The maximum atomic E-state index is 12.9. The number of nitrogens with one attached hydrogen (secondary N) is 1. The molecule has 7 heteroatoms. The molecule has 1 saturated carbocycles. The first kappa shape index (κ1) is 14.2. The normalized spacial score (nSPS) is 22.4. The van der Waals surface area contributed by atoms with Crippen molar-refractivity contribution in [2.75, 3.05) is 6.54 Å². The van der Waals surface area contributed by atoms with Crippen LogP contribution in [0.5, 0.6) is 0 Å². The van der Waals surface area contributed by atoms with Crippen molar-refractivity contribution in [2.45, 2.75) is 29.8 Å². The van der Waals surface area contributed by atoms with Crippen LogP contribution in [0.4, 0.5) is 4.39 Å². The minimum atomic E-state index is -3.82. The lowest BCUT2D eigenvalue weighted by Gasteiger charge is -2.23. The number of carbonyl (C=O) groups is 1. The second-order valence-electron chi connectivity index (χ2n) is 5.18. The van der Waals surface area contributed by atoms with Gasteiger partial charge in [-0.15, -0.1) is 0 Å². The Hall–Kier alpha value is -1.73. The Labute approximate surface area is 122 Å². The van der Waals surface area contributed by atoms with Crippen LogP contribution in [-0.2, 0) is 14.8 Å². The Morgan fingerprint density at radius 1 is 1.24 bits per heavy atom. The fourth-order valence-corrected chi connectivity index (χ4v) is 3.72. The molecule has 2 aliphatic rings. The van der Waals surface area contributed by atoms with Crippen molar-refractivity contribution in [3.8, 4) is 0 Å². The Bertz CT molecular complexity index is 681. The quantitative estimate of drug-likeness (QED) is 0.845. The van der Waals surface area contributed by atoms with Gasteiger partial charge < -0.3 is 5.32 Å². The second kappa shape index (κ2) is 5.23. The molecule has 1 atom stereocenters. The third-order valence-corrected chi connectivity index (χ3v) is 5.39. The summed E-state index contributed by atoms with van der Waals surface area (Å²) in [5.74, 6) is -0.812. The Morgan fingerprint density at radius 2 is 1.90 bits per heavy atom. The molecule has 1 heterocycles. The van der Waals surface area contributed by atoms with Gasteiger partial charge in [-0.1, -0.05) is 12.2 Å². The van der Waals surface area contributed by atoms with Crippen molar-refractivity contribution in [2.24, 2.45) is 0 Å². The molecule has 1 aromatic carbocycles. The van der Waals surface area contributed by atoms with Gasteiger partial charge in [-0.2, -0.15) is 4.31 Å². The van der Waals surface area contributed by atoms with Crippen molar-refractivity contribution in [3.05, 3.63) is 42.2 Å². The van der Waals surface area contributed by atoms with E-state index in [0.717, 1.165) is 29.3 Å². The van der Waals surface area contributed by atoms with Gasteiger partial charge >= 0.3 is 0 Å². The summed E-state index contributed by atoms with van der Waals surface area (Å²) >= 11 is 0. The number of nitrogens with zero attached hydrogens (tertiary/aromatic N) is 1. The van der Waals surface area contributed by atoms with Gasteiger partial charge in [-0.25, -0.2) is 12.8 Å². The number of halogens is 1. The van der Waals surface area contributed by atoms with E-state index in [0.29, 0.717) is 0 Å². The molecule has 1 aliphatic carbocycles. The molecule has 0 bridgehead atoms. The smallest absolute Gasteiger partial charge is 0.244 e. The molecule has 0 aromatic heterocycles. The number of hydrogen-bond acceptors (Lipinski definition) is 3. The lowest BCUT2D eigenvalue weighted by Crippen LogP contribution is -2.46. The molecule has 0 saturated heterocycles. The molecule has 1 aliphatic heterocycles. The molecular formula is C14H15FN2O3S. The third kappa shape index (κ3) is 2.84. The van der Waals surface area contributed by atoms with E-state index in [9.17, 15) is 17.6 Å². The van der Waals surface area contributed by atoms with E-state index in [4.69, 9.17) is 0 Å².